The second-order valence-electron chi connectivity index (χ2n) is 12.9. The molecule has 2 aromatic heterocycles. The zero-order valence-corrected chi connectivity index (χ0v) is 27.3. The fraction of sp³-hybridized carbons (Fsp3) is 0.543. The van der Waals surface area contributed by atoms with Gasteiger partial charge in [0, 0.05) is 82.0 Å². The van der Waals surface area contributed by atoms with Crippen LogP contribution in [-0.4, -0.2) is 88.6 Å². The standard InChI is InChI=1S/C35H46FN7O3/c1-4-43(24(2)3)35(44)28-19-26(36)5-6-31(28)46-33-20-38-23-40-34(33)42-17-10-27(11-18-42)45-32-9-15-39-30-12-16-41(22-29(30)32)21-25-7-13-37-14-8-25/h5-6,9,15,19-20,23-25,27,37H,4,7-8,10-14,16-18,21-22H2,1-3H3. The molecule has 5 heterocycles. The molecule has 6 rings (SSSR count). The first kappa shape index (κ1) is 32.1. The van der Waals surface area contributed by atoms with Crippen LogP contribution in [0.5, 0.6) is 17.2 Å². The first-order valence-corrected chi connectivity index (χ1v) is 16.8. The predicted molar refractivity (Wildman–Crippen MR) is 175 cm³/mol. The van der Waals surface area contributed by atoms with Gasteiger partial charge in [0.15, 0.2) is 11.6 Å². The molecule has 3 aromatic rings. The van der Waals surface area contributed by atoms with Crippen molar-refractivity contribution in [1.82, 2.24) is 30.1 Å². The van der Waals surface area contributed by atoms with Gasteiger partial charge in [0.05, 0.1) is 11.8 Å². The maximum atomic E-state index is 14.3. The van der Waals surface area contributed by atoms with Crippen LogP contribution in [0.3, 0.4) is 0 Å². The number of piperidine rings is 2. The van der Waals surface area contributed by atoms with Crippen molar-refractivity contribution in [2.75, 3.05) is 50.7 Å². The molecule has 246 valence electrons. The van der Waals surface area contributed by atoms with Crippen molar-refractivity contribution >= 4 is 11.7 Å². The fourth-order valence-corrected chi connectivity index (χ4v) is 6.92. The summed E-state index contributed by atoms with van der Waals surface area (Å²) in [6, 6.07) is 6.02. The highest BCUT2D eigenvalue weighted by atomic mass is 19.1. The number of fused-ring (bicyclic) bond motifs is 1. The van der Waals surface area contributed by atoms with Crippen LogP contribution in [0.1, 0.15) is 68.1 Å². The number of anilines is 1. The minimum absolute atomic E-state index is 0.0383. The highest BCUT2D eigenvalue weighted by molar-refractivity contribution is 5.97. The topological polar surface area (TPSA) is 96.0 Å². The van der Waals surface area contributed by atoms with Gasteiger partial charge in [-0.1, -0.05) is 0 Å². The Hall–Kier alpha value is -3.83. The normalized spacial score (nSPS) is 18.0. The van der Waals surface area contributed by atoms with Gasteiger partial charge in [-0.15, -0.1) is 0 Å². The van der Waals surface area contributed by atoms with E-state index < -0.39 is 5.82 Å². The van der Waals surface area contributed by atoms with Crippen molar-refractivity contribution in [1.29, 1.82) is 0 Å². The first-order chi connectivity index (χ1) is 22.4. The average molecular weight is 632 g/mol. The number of nitrogens with one attached hydrogen (secondary N) is 1. The van der Waals surface area contributed by atoms with Crippen LogP contribution in [-0.2, 0) is 13.0 Å². The molecule has 11 heteroatoms. The van der Waals surface area contributed by atoms with Crippen LogP contribution in [0.25, 0.3) is 0 Å². The number of hydrogen-bond acceptors (Lipinski definition) is 9. The van der Waals surface area contributed by atoms with E-state index in [9.17, 15) is 9.18 Å². The Morgan fingerprint density at radius 1 is 1.07 bits per heavy atom. The predicted octanol–water partition coefficient (Wildman–Crippen LogP) is 5.08. The number of halogens is 1. The van der Waals surface area contributed by atoms with E-state index in [4.69, 9.17) is 14.5 Å². The Morgan fingerprint density at radius 2 is 1.87 bits per heavy atom. The van der Waals surface area contributed by atoms with Gasteiger partial charge < -0.3 is 24.6 Å². The minimum atomic E-state index is -0.493. The summed E-state index contributed by atoms with van der Waals surface area (Å²) < 4.78 is 27.2. The van der Waals surface area contributed by atoms with Crippen LogP contribution in [0.15, 0.2) is 43.0 Å². The highest BCUT2D eigenvalue weighted by Crippen LogP contribution is 2.35. The molecule has 0 unspecified atom stereocenters. The molecule has 0 spiro atoms. The Balaban J connectivity index is 1.11. The van der Waals surface area contributed by atoms with Crippen LogP contribution >= 0.6 is 0 Å². The number of ether oxygens (including phenoxy) is 2. The number of rotatable bonds is 10. The number of amides is 1. The first-order valence-electron chi connectivity index (χ1n) is 16.8. The Kier molecular flexibility index (Phi) is 10.3. The molecule has 3 aliphatic heterocycles. The summed E-state index contributed by atoms with van der Waals surface area (Å²) in [7, 11) is 0. The quantitative estimate of drug-likeness (QED) is 0.329. The lowest BCUT2D eigenvalue weighted by atomic mass is 9.96. The third-order valence-electron chi connectivity index (χ3n) is 9.43. The number of benzene rings is 1. The second-order valence-corrected chi connectivity index (χ2v) is 12.9. The smallest absolute Gasteiger partial charge is 0.257 e. The van der Waals surface area contributed by atoms with E-state index in [2.05, 4.69) is 25.1 Å². The van der Waals surface area contributed by atoms with Crippen molar-refractivity contribution in [3.05, 3.63) is 65.6 Å². The zero-order valence-electron chi connectivity index (χ0n) is 27.3. The summed E-state index contributed by atoms with van der Waals surface area (Å²) in [6.45, 7) is 13.0. The summed E-state index contributed by atoms with van der Waals surface area (Å²) in [5, 5.41) is 3.47. The van der Waals surface area contributed by atoms with Crippen LogP contribution in [0.2, 0.25) is 0 Å². The number of carbonyl (C=O) groups is 1. The number of aromatic nitrogens is 3. The summed E-state index contributed by atoms with van der Waals surface area (Å²) in [4.78, 5) is 33.2. The van der Waals surface area contributed by atoms with Gasteiger partial charge in [0.25, 0.3) is 5.91 Å². The van der Waals surface area contributed by atoms with Gasteiger partial charge in [-0.2, -0.15) is 0 Å². The van der Waals surface area contributed by atoms with E-state index >= 15 is 0 Å². The molecule has 0 radical (unpaired) electrons. The monoisotopic (exact) mass is 631 g/mol. The number of hydrogen-bond donors (Lipinski definition) is 1. The number of pyridine rings is 1. The van der Waals surface area contributed by atoms with Gasteiger partial charge in [-0.05, 0) is 76.9 Å². The minimum Gasteiger partial charge on any atom is -0.490 e. The van der Waals surface area contributed by atoms with E-state index in [1.165, 1.54) is 42.9 Å². The highest BCUT2D eigenvalue weighted by Gasteiger charge is 2.29. The lowest BCUT2D eigenvalue weighted by Crippen LogP contribution is -2.40. The van der Waals surface area contributed by atoms with Crippen molar-refractivity contribution in [2.45, 2.75) is 71.6 Å². The lowest BCUT2D eigenvalue weighted by molar-refractivity contribution is 0.0713. The molecular formula is C35H46FN7O3. The molecule has 1 aromatic carbocycles. The Labute approximate surface area is 271 Å². The lowest BCUT2D eigenvalue weighted by Gasteiger charge is -2.36. The molecule has 2 saturated heterocycles. The average Bonchev–Trinajstić information content (AvgIpc) is 3.07. The summed E-state index contributed by atoms with van der Waals surface area (Å²) in [5.41, 5.74) is 2.57. The van der Waals surface area contributed by atoms with Gasteiger partial charge in [0.2, 0.25) is 0 Å². The summed E-state index contributed by atoms with van der Waals surface area (Å²) in [6.07, 6.45) is 10.1. The third-order valence-corrected chi connectivity index (χ3v) is 9.43. The van der Waals surface area contributed by atoms with E-state index in [0.717, 1.165) is 82.4 Å². The molecule has 0 atom stereocenters. The van der Waals surface area contributed by atoms with Crippen molar-refractivity contribution in [2.24, 2.45) is 5.92 Å². The molecule has 0 bridgehead atoms. The van der Waals surface area contributed by atoms with Gasteiger partial charge in [0.1, 0.15) is 29.7 Å². The SMILES string of the molecule is CCN(C(=O)c1cc(F)ccc1Oc1cncnc1N1CCC(Oc2ccnc3c2CN(CC2CCNCC2)CC3)CC1)C(C)C. The molecule has 10 nitrogen and oxygen atoms in total. The second kappa shape index (κ2) is 14.7. The number of nitrogens with zero attached hydrogens (tertiary/aromatic N) is 6. The fourth-order valence-electron chi connectivity index (χ4n) is 6.92. The van der Waals surface area contributed by atoms with E-state index in [-0.39, 0.29) is 29.4 Å². The molecule has 1 N–H and O–H groups in total. The molecular weight excluding hydrogens is 585 g/mol. The largest absolute Gasteiger partial charge is 0.490 e. The van der Waals surface area contributed by atoms with Crippen LogP contribution in [0, 0.1) is 11.7 Å². The molecule has 0 aliphatic carbocycles. The molecule has 2 fully saturated rings. The molecule has 1 amide bonds. The van der Waals surface area contributed by atoms with E-state index in [1.807, 2.05) is 33.0 Å². The molecule has 46 heavy (non-hydrogen) atoms. The van der Waals surface area contributed by atoms with E-state index in [0.29, 0.717) is 18.1 Å². The maximum absolute atomic E-state index is 14.3. The Morgan fingerprint density at radius 3 is 2.63 bits per heavy atom. The Bertz CT molecular complexity index is 1490. The van der Waals surface area contributed by atoms with Gasteiger partial charge in [-0.25, -0.2) is 14.4 Å². The van der Waals surface area contributed by atoms with Crippen LogP contribution < -0.4 is 19.7 Å². The van der Waals surface area contributed by atoms with Crippen LogP contribution in [0.4, 0.5) is 10.2 Å². The molecule has 0 saturated carbocycles. The van der Waals surface area contributed by atoms with Crippen molar-refractivity contribution in [3.8, 4) is 17.2 Å². The van der Waals surface area contributed by atoms with Gasteiger partial charge >= 0.3 is 0 Å². The number of carbonyl (C=O) groups excluding carboxylic acids is 1. The molecule has 3 aliphatic rings. The maximum Gasteiger partial charge on any atom is 0.257 e. The third kappa shape index (κ3) is 7.41. The van der Waals surface area contributed by atoms with Crippen molar-refractivity contribution < 1.29 is 18.7 Å². The zero-order chi connectivity index (χ0) is 32.0. The van der Waals surface area contributed by atoms with Crippen molar-refractivity contribution in [3.63, 3.8) is 0 Å². The van der Waals surface area contributed by atoms with Gasteiger partial charge in [-0.3, -0.25) is 14.7 Å². The summed E-state index contributed by atoms with van der Waals surface area (Å²) >= 11 is 0. The summed E-state index contributed by atoms with van der Waals surface area (Å²) in [5.74, 6) is 2.28. The van der Waals surface area contributed by atoms with E-state index in [1.54, 1.807) is 11.1 Å².